The number of hydrogen-bond acceptors (Lipinski definition) is 3. The molecule has 0 aliphatic rings. The Bertz CT molecular complexity index is 579. The third-order valence-corrected chi connectivity index (χ3v) is 3.05. The molecule has 0 saturated carbocycles. The molecule has 112 valence electrons. The first-order chi connectivity index (χ1) is 9.90. The average Bonchev–Trinajstić information content (AvgIpc) is 2.47. The Kier molecular flexibility index (Phi) is 4.35. The minimum Gasteiger partial charge on any atom is -0.497 e. The second-order valence-corrected chi connectivity index (χ2v) is 4.57. The van der Waals surface area contributed by atoms with Gasteiger partial charge in [-0.2, -0.15) is 13.2 Å². The molecule has 0 bridgehead atoms. The van der Waals surface area contributed by atoms with E-state index in [1.54, 1.807) is 7.11 Å². The Labute approximate surface area is 120 Å². The van der Waals surface area contributed by atoms with Crippen molar-refractivity contribution >= 4 is 5.69 Å². The van der Waals surface area contributed by atoms with Gasteiger partial charge >= 0.3 is 6.18 Å². The number of benzene rings is 1. The van der Waals surface area contributed by atoms with E-state index in [2.05, 4.69) is 10.3 Å². The summed E-state index contributed by atoms with van der Waals surface area (Å²) in [5.41, 5.74) is 0.632. The zero-order valence-corrected chi connectivity index (χ0v) is 11.6. The van der Waals surface area contributed by atoms with E-state index >= 15 is 0 Å². The quantitative estimate of drug-likeness (QED) is 0.914. The number of rotatable bonds is 4. The highest BCUT2D eigenvalue weighted by Crippen LogP contribution is 2.28. The van der Waals surface area contributed by atoms with Gasteiger partial charge in [-0.05, 0) is 36.8 Å². The molecule has 0 saturated heterocycles. The molecule has 0 aliphatic carbocycles. The van der Waals surface area contributed by atoms with Gasteiger partial charge in [-0.25, -0.2) is 4.98 Å². The van der Waals surface area contributed by atoms with Crippen LogP contribution in [-0.2, 0) is 6.18 Å². The summed E-state index contributed by atoms with van der Waals surface area (Å²) in [4.78, 5) is 3.42. The number of pyridine rings is 1. The summed E-state index contributed by atoms with van der Waals surface area (Å²) < 4.78 is 42.3. The lowest BCUT2D eigenvalue weighted by Crippen LogP contribution is -2.10. The van der Waals surface area contributed by atoms with Crippen molar-refractivity contribution in [3.05, 3.63) is 53.9 Å². The lowest BCUT2D eigenvalue weighted by molar-refractivity contribution is -0.141. The van der Waals surface area contributed by atoms with Crippen molar-refractivity contribution in [3.63, 3.8) is 0 Å². The van der Waals surface area contributed by atoms with E-state index in [9.17, 15) is 13.2 Å². The van der Waals surface area contributed by atoms with Crippen LogP contribution in [0.2, 0.25) is 0 Å². The van der Waals surface area contributed by atoms with Crippen LogP contribution in [0.4, 0.5) is 18.9 Å². The molecule has 0 amide bonds. The number of nitrogens with one attached hydrogen (secondary N) is 1. The van der Waals surface area contributed by atoms with Crippen molar-refractivity contribution in [2.24, 2.45) is 0 Å². The molecule has 0 radical (unpaired) electrons. The zero-order valence-electron chi connectivity index (χ0n) is 11.6. The van der Waals surface area contributed by atoms with E-state index in [1.165, 1.54) is 12.3 Å². The van der Waals surface area contributed by atoms with E-state index < -0.39 is 11.9 Å². The van der Waals surface area contributed by atoms with Crippen LogP contribution in [0.5, 0.6) is 5.75 Å². The number of aromatic nitrogens is 1. The van der Waals surface area contributed by atoms with E-state index in [0.29, 0.717) is 5.69 Å². The largest absolute Gasteiger partial charge is 0.497 e. The normalized spacial score (nSPS) is 12.8. The SMILES string of the molecule is COc1ccc(C(C)Nc2ccc(C(F)(F)F)nc2)cc1. The maximum atomic E-state index is 12.4. The molecular weight excluding hydrogens is 281 g/mol. The molecule has 1 N–H and O–H groups in total. The number of halogens is 3. The van der Waals surface area contributed by atoms with Gasteiger partial charge in [0.05, 0.1) is 19.0 Å². The highest BCUT2D eigenvalue weighted by molar-refractivity contribution is 5.44. The predicted molar refractivity (Wildman–Crippen MR) is 74.3 cm³/mol. The molecule has 2 rings (SSSR count). The number of hydrogen-bond donors (Lipinski definition) is 1. The Morgan fingerprint density at radius 2 is 1.76 bits per heavy atom. The first-order valence-electron chi connectivity index (χ1n) is 6.34. The third kappa shape index (κ3) is 3.87. The molecule has 0 aliphatic heterocycles. The van der Waals surface area contributed by atoms with E-state index in [1.807, 2.05) is 31.2 Å². The van der Waals surface area contributed by atoms with Crippen molar-refractivity contribution in [2.45, 2.75) is 19.1 Å². The molecule has 1 aromatic heterocycles. The molecule has 1 atom stereocenters. The Morgan fingerprint density at radius 3 is 2.24 bits per heavy atom. The van der Waals surface area contributed by atoms with Gasteiger partial charge in [-0.3, -0.25) is 0 Å². The van der Waals surface area contributed by atoms with Gasteiger partial charge in [0.1, 0.15) is 11.4 Å². The second-order valence-electron chi connectivity index (χ2n) is 4.57. The lowest BCUT2D eigenvalue weighted by atomic mass is 10.1. The molecule has 1 heterocycles. The van der Waals surface area contributed by atoms with Crippen LogP contribution in [0.15, 0.2) is 42.6 Å². The van der Waals surface area contributed by atoms with Crippen LogP contribution in [0.3, 0.4) is 0 Å². The number of alkyl halides is 3. The van der Waals surface area contributed by atoms with Crippen LogP contribution in [-0.4, -0.2) is 12.1 Å². The molecule has 0 fully saturated rings. The summed E-state index contributed by atoms with van der Waals surface area (Å²) in [5, 5.41) is 3.10. The topological polar surface area (TPSA) is 34.1 Å². The highest BCUT2D eigenvalue weighted by atomic mass is 19.4. The fourth-order valence-corrected chi connectivity index (χ4v) is 1.87. The van der Waals surface area contributed by atoms with E-state index in [-0.39, 0.29) is 6.04 Å². The summed E-state index contributed by atoms with van der Waals surface area (Å²) in [6.45, 7) is 1.92. The van der Waals surface area contributed by atoms with Gasteiger partial charge < -0.3 is 10.1 Å². The minimum atomic E-state index is -4.42. The highest BCUT2D eigenvalue weighted by Gasteiger charge is 2.32. The molecule has 3 nitrogen and oxygen atoms in total. The number of ether oxygens (including phenoxy) is 1. The standard InChI is InChI=1S/C15H15F3N2O/c1-10(11-3-6-13(21-2)7-4-11)20-12-5-8-14(19-9-12)15(16,17)18/h3-10,20H,1-2H3. The van der Waals surface area contributed by atoms with Gasteiger partial charge in [0.15, 0.2) is 0 Å². The molecule has 0 spiro atoms. The van der Waals surface area contributed by atoms with Gasteiger partial charge in [-0.15, -0.1) is 0 Å². The van der Waals surface area contributed by atoms with Crippen molar-refractivity contribution in [1.29, 1.82) is 0 Å². The summed E-state index contributed by atoms with van der Waals surface area (Å²) in [5.74, 6) is 0.752. The summed E-state index contributed by atoms with van der Waals surface area (Å²) in [6, 6.07) is 9.73. The van der Waals surface area contributed by atoms with Gasteiger partial charge in [0.25, 0.3) is 0 Å². The molecule has 1 unspecified atom stereocenters. The first-order valence-corrected chi connectivity index (χ1v) is 6.34. The predicted octanol–water partition coefficient (Wildman–Crippen LogP) is 4.28. The zero-order chi connectivity index (χ0) is 15.5. The Balaban J connectivity index is 2.06. The average molecular weight is 296 g/mol. The van der Waals surface area contributed by atoms with Crippen molar-refractivity contribution in [1.82, 2.24) is 4.98 Å². The maximum absolute atomic E-state index is 12.4. The van der Waals surface area contributed by atoms with Gasteiger partial charge in [0, 0.05) is 6.04 Å². The van der Waals surface area contributed by atoms with Crippen LogP contribution in [0.25, 0.3) is 0 Å². The van der Waals surface area contributed by atoms with Gasteiger partial charge in [-0.1, -0.05) is 12.1 Å². The Morgan fingerprint density at radius 1 is 1.10 bits per heavy atom. The van der Waals surface area contributed by atoms with Gasteiger partial charge in [0.2, 0.25) is 0 Å². The van der Waals surface area contributed by atoms with Crippen LogP contribution >= 0.6 is 0 Å². The van der Waals surface area contributed by atoms with E-state index in [4.69, 9.17) is 4.74 Å². The smallest absolute Gasteiger partial charge is 0.433 e. The summed E-state index contributed by atoms with van der Waals surface area (Å²) >= 11 is 0. The van der Waals surface area contributed by atoms with Crippen molar-refractivity contribution in [2.75, 3.05) is 12.4 Å². The summed E-state index contributed by atoms with van der Waals surface area (Å²) in [6.07, 6.45) is -3.23. The van der Waals surface area contributed by atoms with Crippen LogP contribution in [0.1, 0.15) is 24.2 Å². The second kappa shape index (κ2) is 6.03. The number of methoxy groups -OCH3 is 1. The molecule has 21 heavy (non-hydrogen) atoms. The van der Waals surface area contributed by atoms with Crippen molar-refractivity contribution in [3.8, 4) is 5.75 Å². The minimum absolute atomic E-state index is 0.0607. The molecule has 6 heteroatoms. The maximum Gasteiger partial charge on any atom is 0.433 e. The molecule has 2 aromatic rings. The molecular formula is C15H15F3N2O. The summed E-state index contributed by atoms with van der Waals surface area (Å²) in [7, 11) is 1.59. The first kappa shape index (κ1) is 15.2. The van der Waals surface area contributed by atoms with Crippen molar-refractivity contribution < 1.29 is 17.9 Å². The lowest BCUT2D eigenvalue weighted by Gasteiger charge is -2.16. The monoisotopic (exact) mass is 296 g/mol. The Hall–Kier alpha value is -2.24. The fraction of sp³-hybridized carbons (Fsp3) is 0.267. The van der Waals surface area contributed by atoms with Crippen LogP contribution in [0, 0.1) is 0 Å². The van der Waals surface area contributed by atoms with Crippen LogP contribution < -0.4 is 10.1 Å². The third-order valence-electron chi connectivity index (χ3n) is 3.05. The number of anilines is 1. The molecule has 1 aromatic carbocycles. The van der Waals surface area contributed by atoms with E-state index in [0.717, 1.165) is 17.4 Å². The fourth-order valence-electron chi connectivity index (χ4n) is 1.87. The number of nitrogens with zero attached hydrogens (tertiary/aromatic N) is 1.